The number of hydrogen-bond donors (Lipinski definition) is 4. The van der Waals surface area contributed by atoms with Gasteiger partial charge >= 0.3 is 5.97 Å². The van der Waals surface area contributed by atoms with E-state index < -0.39 is 11.8 Å². The van der Waals surface area contributed by atoms with Crippen LogP contribution in [0.15, 0.2) is 12.1 Å². The number of nitrogen functional groups attached to an aromatic ring is 1. The lowest BCUT2D eigenvalue weighted by Crippen LogP contribution is -2.11. The second-order valence-corrected chi connectivity index (χ2v) is 4.07. The second kappa shape index (κ2) is 6.58. The van der Waals surface area contributed by atoms with E-state index in [1.54, 1.807) is 0 Å². The van der Waals surface area contributed by atoms with Gasteiger partial charge in [-0.1, -0.05) is 0 Å². The van der Waals surface area contributed by atoms with E-state index in [2.05, 4.69) is 5.32 Å². The highest BCUT2D eigenvalue weighted by atomic mass is 19.1. The Balaban J connectivity index is 2.60. The number of carbonyl (C=O) groups is 2. The van der Waals surface area contributed by atoms with Gasteiger partial charge in [0.15, 0.2) is 0 Å². The van der Waals surface area contributed by atoms with Crippen molar-refractivity contribution in [3.8, 4) is 0 Å². The van der Waals surface area contributed by atoms with Crippen LogP contribution in [0.4, 0.5) is 15.8 Å². The smallest absolute Gasteiger partial charge is 0.337 e. The van der Waals surface area contributed by atoms with Gasteiger partial charge in [0.1, 0.15) is 5.82 Å². The first-order valence-corrected chi connectivity index (χ1v) is 5.76. The number of benzene rings is 1. The summed E-state index contributed by atoms with van der Waals surface area (Å²) < 4.78 is 13.5. The van der Waals surface area contributed by atoms with E-state index in [-0.39, 0.29) is 29.3 Å². The van der Waals surface area contributed by atoms with E-state index in [9.17, 15) is 14.0 Å². The summed E-state index contributed by atoms with van der Waals surface area (Å²) in [5.41, 5.74) is 10.2. The molecule has 7 heteroatoms. The lowest BCUT2D eigenvalue weighted by atomic mass is 10.1. The molecule has 0 radical (unpaired) electrons. The molecular weight excluding hydrogens is 253 g/mol. The minimum absolute atomic E-state index is 0.0747. The normalized spacial score (nSPS) is 10.2. The van der Waals surface area contributed by atoms with E-state index in [0.29, 0.717) is 19.4 Å². The fraction of sp³-hybridized carbons (Fsp3) is 0.333. The maximum atomic E-state index is 13.5. The van der Waals surface area contributed by atoms with Crippen molar-refractivity contribution in [3.05, 3.63) is 23.5 Å². The van der Waals surface area contributed by atoms with Crippen molar-refractivity contribution >= 4 is 23.3 Å². The van der Waals surface area contributed by atoms with Gasteiger partial charge in [0.2, 0.25) is 5.91 Å². The predicted octanol–water partition coefficient (Wildman–Crippen LogP) is 1.17. The Morgan fingerprint density at radius 2 is 2.00 bits per heavy atom. The molecule has 104 valence electrons. The molecule has 0 heterocycles. The van der Waals surface area contributed by atoms with Crippen molar-refractivity contribution in [2.24, 2.45) is 5.73 Å². The number of halogens is 1. The zero-order chi connectivity index (χ0) is 14.4. The van der Waals surface area contributed by atoms with Crippen LogP contribution in [-0.2, 0) is 4.79 Å². The van der Waals surface area contributed by atoms with Crippen LogP contribution in [0, 0.1) is 5.82 Å². The van der Waals surface area contributed by atoms with E-state index in [4.69, 9.17) is 16.6 Å². The zero-order valence-corrected chi connectivity index (χ0v) is 10.3. The van der Waals surface area contributed by atoms with Gasteiger partial charge < -0.3 is 21.9 Å². The standard InChI is InChI=1S/C12H16FN3O3/c13-8-6-9(14)7(12(18)19)5-10(8)16-4-2-1-3-11(15)17/h5-6,16H,1-4,14H2,(H2,15,17)(H,18,19). The molecule has 1 amide bonds. The fourth-order valence-electron chi connectivity index (χ4n) is 1.56. The topological polar surface area (TPSA) is 118 Å². The molecule has 1 aromatic rings. The van der Waals surface area contributed by atoms with Gasteiger partial charge in [-0.25, -0.2) is 9.18 Å². The molecule has 1 rings (SSSR count). The number of hydrogen-bond acceptors (Lipinski definition) is 4. The Hall–Kier alpha value is -2.31. The first-order valence-electron chi connectivity index (χ1n) is 5.76. The second-order valence-electron chi connectivity index (χ2n) is 4.07. The molecule has 0 fully saturated rings. The third-order valence-electron chi connectivity index (χ3n) is 2.54. The quantitative estimate of drug-likeness (QED) is 0.437. The monoisotopic (exact) mass is 269 g/mol. The Bertz CT molecular complexity index is 491. The molecule has 0 aliphatic rings. The first kappa shape index (κ1) is 14.7. The van der Waals surface area contributed by atoms with Gasteiger partial charge in [0.05, 0.1) is 11.3 Å². The molecule has 0 saturated heterocycles. The molecule has 1 aromatic carbocycles. The Labute approximate surface area is 109 Å². The molecule has 0 atom stereocenters. The number of carboxylic acids is 1. The molecule has 0 aromatic heterocycles. The lowest BCUT2D eigenvalue weighted by molar-refractivity contribution is -0.118. The number of carboxylic acid groups (broad SMARTS) is 1. The molecule has 0 unspecified atom stereocenters. The Morgan fingerprint density at radius 1 is 1.32 bits per heavy atom. The summed E-state index contributed by atoms with van der Waals surface area (Å²) in [5.74, 6) is -2.21. The number of nitrogens with one attached hydrogen (secondary N) is 1. The maximum Gasteiger partial charge on any atom is 0.337 e. The Morgan fingerprint density at radius 3 is 2.58 bits per heavy atom. The number of rotatable bonds is 7. The molecular formula is C12H16FN3O3. The summed E-state index contributed by atoms with van der Waals surface area (Å²) in [6.07, 6.45) is 1.48. The van der Waals surface area contributed by atoms with E-state index in [1.807, 2.05) is 0 Å². The van der Waals surface area contributed by atoms with Crippen LogP contribution in [0.5, 0.6) is 0 Å². The van der Waals surface area contributed by atoms with E-state index in [1.165, 1.54) is 0 Å². The third kappa shape index (κ3) is 4.46. The van der Waals surface area contributed by atoms with E-state index in [0.717, 1.165) is 12.1 Å². The summed E-state index contributed by atoms with van der Waals surface area (Å²) in [6.45, 7) is 0.410. The van der Waals surface area contributed by atoms with Crippen molar-refractivity contribution in [2.75, 3.05) is 17.6 Å². The summed E-state index contributed by atoms with van der Waals surface area (Å²) in [4.78, 5) is 21.4. The zero-order valence-electron chi connectivity index (χ0n) is 10.3. The van der Waals surface area contributed by atoms with Crippen molar-refractivity contribution in [1.82, 2.24) is 0 Å². The van der Waals surface area contributed by atoms with Gasteiger partial charge in [-0.05, 0) is 25.0 Å². The average Bonchev–Trinajstić information content (AvgIpc) is 2.30. The van der Waals surface area contributed by atoms with Crippen LogP contribution in [0.25, 0.3) is 0 Å². The minimum Gasteiger partial charge on any atom is -0.478 e. The molecule has 0 aliphatic heterocycles. The van der Waals surface area contributed by atoms with Crippen molar-refractivity contribution in [1.29, 1.82) is 0 Å². The predicted molar refractivity (Wildman–Crippen MR) is 69.3 cm³/mol. The maximum absolute atomic E-state index is 13.5. The van der Waals surface area contributed by atoms with Crippen LogP contribution in [0.2, 0.25) is 0 Å². The van der Waals surface area contributed by atoms with Gasteiger partial charge in [-0.3, -0.25) is 4.79 Å². The molecule has 0 spiro atoms. The SMILES string of the molecule is NC(=O)CCCCNc1cc(C(=O)O)c(N)cc1F. The van der Waals surface area contributed by atoms with Crippen LogP contribution < -0.4 is 16.8 Å². The molecule has 19 heavy (non-hydrogen) atoms. The van der Waals surface area contributed by atoms with Crippen molar-refractivity contribution < 1.29 is 19.1 Å². The highest BCUT2D eigenvalue weighted by Gasteiger charge is 2.12. The minimum atomic E-state index is -1.21. The largest absolute Gasteiger partial charge is 0.478 e. The van der Waals surface area contributed by atoms with Gasteiger partial charge in [0.25, 0.3) is 0 Å². The fourth-order valence-corrected chi connectivity index (χ4v) is 1.56. The molecule has 6 nitrogen and oxygen atoms in total. The van der Waals surface area contributed by atoms with E-state index >= 15 is 0 Å². The van der Waals surface area contributed by atoms with Crippen LogP contribution in [0.3, 0.4) is 0 Å². The van der Waals surface area contributed by atoms with Crippen LogP contribution in [0.1, 0.15) is 29.6 Å². The molecule has 0 bridgehead atoms. The molecule has 0 saturated carbocycles. The molecule has 6 N–H and O–H groups in total. The number of nitrogens with two attached hydrogens (primary N) is 2. The van der Waals surface area contributed by atoms with Crippen LogP contribution >= 0.6 is 0 Å². The van der Waals surface area contributed by atoms with Crippen molar-refractivity contribution in [2.45, 2.75) is 19.3 Å². The number of anilines is 2. The Kier molecular flexibility index (Phi) is 5.11. The van der Waals surface area contributed by atoms with Crippen LogP contribution in [-0.4, -0.2) is 23.5 Å². The number of aromatic carboxylic acids is 1. The van der Waals surface area contributed by atoms with Gasteiger partial charge in [0, 0.05) is 18.7 Å². The highest BCUT2D eigenvalue weighted by molar-refractivity contribution is 5.94. The lowest BCUT2D eigenvalue weighted by Gasteiger charge is -2.10. The number of unbranched alkanes of at least 4 members (excludes halogenated alkanes) is 1. The summed E-state index contributed by atoms with van der Waals surface area (Å²) >= 11 is 0. The van der Waals surface area contributed by atoms with Crippen molar-refractivity contribution in [3.63, 3.8) is 0 Å². The summed E-state index contributed by atoms with van der Waals surface area (Å²) in [7, 11) is 0. The van der Waals surface area contributed by atoms with Gasteiger partial charge in [-0.2, -0.15) is 0 Å². The summed E-state index contributed by atoms with van der Waals surface area (Å²) in [6, 6.07) is 2.12. The number of carbonyl (C=O) groups excluding carboxylic acids is 1. The first-order chi connectivity index (χ1) is 8.91. The number of primary amides is 1. The average molecular weight is 269 g/mol. The molecule has 0 aliphatic carbocycles. The highest BCUT2D eigenvalue weighted by Crippen LogP contribution is 2.22. The summed E-state index contributed by atoms with van der Waals surface area (Å²) in [5, 5.41) is 11.6. The third-order valence-corrected chi connectivity index (χ3v) is 2.54. The van der Waals surface area contributed by atoms with Gasteiger partial charge in [-0.15, -0.1) is 0 Å². The number of amides is 1.